The molecule has 1 aromatic carbocycles. The maximum absolute atomic E-state index is 6.09. The fraction of sp³-hybridized carbons (Fsp3) is 0.286. The average Bonchev–Trinajstić information content (AvgIpc) is 2.87. The van der Waals surface area contributed by atoms with Crippen LogP contribution in [0.4, 0.5) is 0 Å². The van der Waals surface area contributed by atoms with Crippen molar-refractivity contribution in [1.29, 1.82) is 0 Å². The summed E-state index contributed by atoms with van der Waals surface area (Å²) in [6.45, 7) is 3.15. The Labute approximate surface area is 116 Å². The highest BCUT2D eigenvalue weighted by atomic mass is 35.5. The Kier molecular flexibility index (Phi) is 4.64. The van der Waals surface area contributed by atoms with Crippen molar-refractivity contribution in [2.45, 2.75) is 12.8 Å². The van der Waals surface area contributed by atoms with Crippen LogP contribution in [0.5, 0.6) is 5.75 Å². The summed E-state index contributed by atoms with van der Waals surface area (Å²) < 4.78 is 5.66. The second-order valence-corrected chi connectivity index (χ2v) is 5.33. The molecule has 96 valence electrons. The first-order chi connectivity index (χ1) is 8.76. The SMILES string of the molecule is CCOc1ccc(Cl)cc1C(CN)c1cccs1. The first-order valence-corrected chi connectivity index (χ1v) is 7.17. The second-order valence-electron chi connectivity index (χ2n) is 3.92. The Morgan fingerprint density at radius 3 is 2.83 bits per heavy atom. The van der Waals surface area contributed by atoms with Crippen molar-refractivity contribution in [1.82, 2.24) is 0 Å². The van der Waals surface area contributed by atoms with Gasteiger partial charge in [-0.1, -0.05) is 17.7 Å². The number of benzene rings is 1. The van der Waals surface area contributed by atoms with Crippen molar-refractivity contribution >= 4 is 22.9 Å². The van der Waals surface area contributed by atoms with Crippen LogP contribution in [-0.2, 0) is 0 Å². The van der Waals surface area contributed by atoms with Crippen LogP contribution in [0.1, 0.15) is 23.3 Å². The molecule has 2 N–H and O–H groups in total. The van der Waals surface area contributed by atoms with E-state index < -0.39 is 0 Å². The van der Waals surface area contributed by atoms with Crippen LogP contribution in [0.15, 0.2) is 35.7 Å². The van der Waals surface area contributed by atoms with E-state index in [0.29, 0.717) is 18.2 Å². The molecule has 0 aliphatic carbocycles. The number of hydrogen-bond acceptors (Lipinski definition) is 3. The van der Waals surface area contributed by atoms with Gasteiger partial charge in [0.15, 0.2) is 0 Å². The summed E-state index contributed by atoms with van der Waals surface area (Å²) in [5, 5.41) is 2.77. The molecular weight excluding hydrogens is 266 g/mol. The van der Waals surface area contributed by atoms with E-state index in [1.807, 2.05) is 31.2 Å². The third-order valence-electron chi connectivity index (χ3n) is 2.77. The van der Waals surface area contributed by atoms with Crippen LogP contribution in [0, 0.1) is 0 Å². The Morgan fingerprint density at radius 2 is 2.22 bits per heavy atom. The van der Waals surface area contributed by atoms with Gasteiger partial charge in [-0.15, -0.1) is 11.3 Å². The molecule has 2 aromatic rings. The van der Waals surface area contributed by atoms with Gasteiger partial charge in [0.2, 0.25) is 0 Å². The molecule has 0 fully saturated rings. The maximum atomic E-state index is 6.09. The van der Waals surface area contributed by atoms with Crippen LogP contribution < -0.4 is 10.5 Å². The molecule has 0 amide bonds. The number of hydrogen-bond donors (Lipinski definition) is 1. The molecule has 0 saturated carbocycles. The summed E-state index contributed by atoms with van der Waals surface area (Å²) in [5.41, 5.74) is 6.98. The van der Waals surface area contributed by atoms with Gasteiger partial charge in [0.1, 0.15) is 5.75 Å². The summed E-state index contributed by atoms with van der Waals surface area (Å²) in [7, 11) is 0. The summed E-state index contributed by atoms with van der Waals surface area (Å²) in [6, 6.07) is 9.84. The van der Waals surface area contributed by atoms with Crippen LogP contribution in [0.25, 0.3) is 0 Å². The van der Waals surface area contributed by atoms with Gasteiger partial charge in [0.05, 0.1) is 6.61 Å². The molecule has 0 radical (unpaired) electrons. The van der Waals surface area contributed by atoms with Gasteiger partial charge in [-0.05, 0) is 36.6 Å². The standard InChI is InChI=1S/C14H16ClNOS/c1-2-17-13-6-5-10(15)8-11(13)12(9-16)14-4-3-7-18-14/h3-8,12H,2,9,16H2,1H3. The van der Waals surface area contributed by atoms with Crippen molar-refractivity contribution in [3.05, 3.63) is 51.2 Å². The lowest BCUT2D eigenvalue weighted by Crippen LogP contribution is -2.14. The molecule has 0 aliphatic rings. The number of nitrogens with two attached hydrogens (primary N) is 1. The summed E-state index contributed by atoms with van der Waals surface area (Å²) in [4.78, 5) is 1.24. The normalized spacial score (nSPS) is 12.4. The lowest BCUT2D eigenvalue weighted by molar-refractivity contribution is 0.335. The minimum Gasteiger partial charge on any atom is -0.494 e. The molecule has 1 aromatic heterocycles. The third kappa shape index (κ3) is 2.86. The number of rotatable bonds is 5. The Hall–Kier alpha value is -1.03. The van der Waals surface area contributed by atoms with Gasteiger partial charge in [0, 0.05) is 27.9 Å². The molecule has 0 bridgehead atoms. The van der Waals surface area contributed by atoms with E-state index in [1.54, 1.807) is 11.3 Å². The van der Waals surface area contributed by atoms with E-state index in [-0.39, 0.29) is 5.92 Å². The topological polar surface area (TPSA) is 35.2 Å². The molecule has 0 aliphatic heterocycles. The van der Waals surface area contributed by atoms with E-state index in [1.165, 1.54) is 4.88 Å². The minimum absolute atomic E-state index is 0.144. The van der Waals surface area contributed by atoms with E-state index in [2.05, 4.69) is 11.4 Å². The molecule has 1 unspecified atom stereocenters. The van der Waals surface area contributed by atoms with Crippen molar-refractivity contribution in [2.24, 2.45) is 5.73 Å². The average molecular weight is 282 g/mol. The zero-order valence-corrected chi connectivity index (χ0v) is 11.8. The van der Waals surface area contributed by atoms with Crippen molar-refractivity contribution in [2.75, 3.05) is 13.2 Å². The van der Waals surface area contributed by atoms with Gasteiger partial charge in [-0.2, -0.15) is 0 Å². The molecule has 0 spiro atoms. The largest absolute Gasteiger partial charge is 0.494 e. The Bertz CT molecular complexity index is 499. The zero-order chi connectivity index (χ0) is 13.0. The predicted octanol–water partition coefficient (Wildman–Crippen LogP) is 3.89. The summed E-state index contributed by atoms with van der Waals surface area (Å²) in [5.74, 6) is 1.01. The van der Waals surface area contributed by atoms with Crippen LogP contribution in [-0.4, -0.2) is 13.2 Å². The quantitative estimate of drug-likeness (QED) is 0.902. The van der Waals surface area contributed by atoms with E-state index in [9.17, 15) is 0 Å². The van der Waals surface area contributed by atoms with Gasteiger partial charge < -0.3 is 10.5 Å². The van der Waals surface area contributed by atoms with Crippen molar-refractivity contribution in [3.8, 4) is 5.75 Å². The second kappa shape index (κ2) is 6.23. The van der Waals surface area contributed by atoms with Gasteiger partial charge in [-0.3, -0.25) is 0 Å². The van der Waals surface area contributed by atoms with Crippen LogP contribution >= 0.6 is 22.9 Å². The van der Waals surface area contributed by atoms with Crippen LogP contribution in [0.3, 0.4) is 0 Å². The number of thiophene rings is 1. The monoisotopic (exact) mass is 281 g/mol. The number of ether oxygens (including phenoxy) is 1. The minimum atomic E-state index is 0.144. The first kappa shape index (κ1) is 13.4. The third-order valence-corrected chi connectivity index (χ3v) is 3.99. The highest BCUT2D eigenvalue weighted by molar-refractivity contribution is 7.10. The smallest absolute Gasteiger partial charge is 0.123 e. The van der Waals surface area contributed by atoms with Crippen molar-refractivity contribution < 1.29 is 4.74 Å². The highest BCUT2D eigenvalue weighted by Gasteiger charge is 2.18. The van der Waals surface area contributed by atoms with Crippen LogP contribution in [0.2, 0.25) is 5.02 Å². The van der Waals surface area contributed by atoms with E-state index >= 15 is 0 Å². The van der Waals surface area contributed by atoms with Crippen molar-refractivity contribution in [3.63, 3.8) is 0 Å². The lowest BCUT2D eigenvalue weighted by atomic mass is 9.96. The molecule has 1 atom stereocenters. The molecule has 18 heavy (non-hydrogen) atoms. The fourth-order valence-electron chi connectivity index (χ4n) is 1.96. The molecule has 2 rings (SSSR count). The molecule has 0 saturated heterocycles. The molecule has 1 heterocycles. The highest BCUT2D eigenvalue weighted by Crippen LogP contribution is 2.35. The molecule has 2 nitrogen and oxygen atoms in total. The molecular formula is C14H16ClNOS. The number of halogens is 1. The predicted molar refractivity (Wildman–Crippen MR) is 77.8 cm³/mol. The van der Waals surface area contributed by atoms with Gasteiger partial charge >= 0.3 is 0 Å². The summed E-state index contributed by atoms with van der Waals surface area (Å²) in [6.07, 6.45) is 0. The van der Waals surface area contributed by atoms with Gasteiger partial charge in [-0.25, -0.2) is 0 Å². The fourth-order valence-corrected chi connectivity index (χ4v) is 3.00. The Balaban J connectivity index is 2.43. The zero-order valence-electron chi connectivity index (χ0n) is 10.2. The van der Waals surface area contributed by atoms with Gasteiger partial charge in [0.25, 0.3) is 0 Å². The maximum Gasteiger partial charge on any atom is 0.123 e. The summed E-state index contributed by atoms with van der Waals surface area (Å²) >= 11 is 7.79. The van der Waals surface area contributed by atoms with E-state index in [4.69, 9.17) is 22.1 Å². The Morgan fingerprint density at radius 1 is 1.39 bits per heavy atom. The van der Waals surface area contributed by atoms with E-state index in [0.717, 1.165) is 11.3 Å². The first-order valence-electron chi connectivity index (χ1n) is 5.92. The lowest BCUT2D eigenvalue weighted by Gasteiger charge is -2.18. The molecule has 4 heteroatoms.